The van der Waals surface area contributed by atoms with E-state index in [0.29, 0.717) is 15.9 Å². The highest BCUT2D eigenvalue weighted by atomic mass is 79.9. The van der Waals surface area contributed by atoms with Gasteiger partial charge in [0.15, 0.2) is 0 Å². The standard InChI is InChI=1S/C14H16BrClFNO/c15-12-6-5-10(9-13(12)17)14(19)18-8-2-4-11(18)3-1-7-16/h5-6,9,11H,1-4,7-8H2. The predicted molar refractivity (Wildman–Crippen MR) is 78.1 cm³/mol. The predicted octanol–water partition coefficient (Wildman–Crippen LogP) is 4.21. The lowest BCUT2D eigenvalue weighted by Gasteiger charge is -2.24. The second-order valence-corrected chi connectivity index (χ2v) is 5.99. The maximum absolute atomic E-state index is 13.5. The number of rotatable bonds is 4. The third-order valence-electron chi connectivity index (χ3n) is 3.48. The molecule has 0 N–H and O–H groups in total. The molecule has 0 bridgehead atoms. The van der Waals surface area contributed by atoms with E-state index in [1.54, 1.807) is 12.1 Å². The molecular weight excluding hydrogens is 333 g/mol. The van der Waals surface area contributed by atoms with E-state index in [-0.39, 0.29) is 11.9 Å². The van der Waals surface area contributed by atoms with Crippen molar-refractivity contribution in [1.29, 1.82) is 0 Å². The third kappa shape index (κ3) is 3.48. The van der Waals surface area contributed by atoms with Crippen LogP contribution in [-0.2, 0) is 0 Å². The topological polar surface area (TPSA) is 20.3 Å². The van der Waals surface area contributed by atoms with Gasteiger partial charge < -0.3 is 4.90 Å². The van der Waals surface area contributed by atoms with E-state index in [4.69, 9.17) is 11.6 Å². The third-order valence-corrected chi connectivity index (χ3v) is 4.39. The Morgan fingerprint density at radius 3 is 3.00 bits per heavy atom. The molecule has 1 saturated heterocycles. The molecule has 1 aliphatic rings. The van der Waals surface area contributed by atoms with Crippen molar-refractivity contribution in [3.63, 3.8) is 0 Å². The number of carbonyl (C=O) groups excluding carboxylic acids is 1. The SMILES string of the molecule is O=C(c1ccc(Br)c(F)c1)N1CCCC1CCCCl. The molecule has 0 aromatic heterocycles. The highest BCUT2D eigenvalue weighted by Gasteiger charge is 2.29. The number of carbonyl (C=O) groups is 1. The lowest BCUT2D eigenvalue weighted by Crippen LogP contribution is -2.35. The van der Waals surface area contributed by atoms with Crippen molar-refractivity contribution in [2.45, 2.75) is 31.7 Å². The molecule has 5 heteroatoms. The minimum atomic E-state index is -0.401. The van der Waals surface area contributed by atoms with Crippen LogP contribution in [0.4, 0.5) is 4.39 Å². The summed E-state index contributed by atoms with van der Waals surface area (Å²) in [5.74, 6) is 0.136. The number of hydrogen-bond donors (Lipinski definition) is 0. The van der Waals surface area contributed by atoms with Crippen LogP contribution < -0.4 is 0 Å². The van der Waals surface area contributed by atoms with Crippen molar-refractivity contribution in [2.75, 3.05) is 12.4 Å². The quantitative estimate of drug-likeness (QED) is 0.746. The molecule has 1 aromatic rings. The van der Waals surface area contributed by atoms with Gasteiger partial charge in [0.1, 0.15) is 5.82 Å². The summed E-state index contributed by atoms with van der Waals surface area (Å²) in [6.07, 6.45) is 3.86. The summed E-state index contributed by atoms with van der Waals surface area (Å²) in [5.41, 5.74) is 0.415. The molecule has 0 radical (unpaired) electrons. The van der Waals surface area contributed by atoms with Crippen molar-refractivity contribution in [3.05, 3.63) is 34.1 Å². The van der Waals surface area contributed by atoms with E-state index >= 15 is 0 Å². The molecule has 1 fully saturated rings. The Morgan fingerprint density at radius 2 is 2.32 bits per heavy atom. The average molecular weight is 349 g/mol. The summed E-state index contributed by atoms with van der Waals surface area (Å²) in [4.78, 5) is 14.3. The number of halogens is 3. The summed E-state index contributed by atoms with van der Waals surface area (Å²) >= 11 is 8.80. The van der Waals surface area contributed by atoms with E-state index in [2.05, 4.69) is 15.9 Å². The summed E-state index contributed by atoms with van der Waals surface area (Å²) in [7, 11) is 0. The van der Waals surface area contributed by atoms with E-state index in [9.17, 15) is 9.18 Å². The maximum Gasteiger partial charge on any atom is 0.254 e. The summed E-state index contributed by atoms with van der Waals surface area (Å²) < 4.78 is 13.9. The van der Waals surface area contributed by atoms with Gasteiger partial charge in [0.2, 0.25) is 0 Å². The minimum Gasteiger partial charge on any atom is -0.336 e. The Balaban J connectivity index is 2.11. The van der Waals surface area contributed by atoms with Crippen LogP contribution in [0.15, 0.2) is 22.7 Å². The lowest BCUT2D eigenvalue weighted by molar-refractivity contribution is 0.0729. The van der Waals surface area contributed by atoms with Gasteiger partial charge in [0, 0.05) is 24.0 Å². The molecule has 0 aliphatic carbocycles. The van der Waals surface area contributed by atoms with Crippen LogP contribution in [0.2, 0.25) is 0 Å². The number of likely N-dealkylation sites (tertiary alicyclic amines) is 1. The smallest absolute Gasteiger partial charge is 0.254 e. The fourth-order valence-electron chi connectivity index (χ4n) is 2.51. The number of nitrogens with zero attached hydrogens (tertiary/aromatic N) is 1. The van der Waals surface area contributed by atoms with E-state index < -0.39 is 5.82 Å². The number of hydrogen-bond acceptors (Lipinski definition) is 1. The Bertz CT molecular complexity index is 469. The molecule has 1 atom stereocenters. The van der Waals surface area contributed by atoms with Gasteiger partial charge >= 0.3 is 0 Å². The second-order valence-electron chi connectivity index (χ2n) is 4.75. The van der Waals surface area contributed by atoms with Gasteiger partial charge in [0.05, 0.1) is 4.47 Å². The highest BCUT2D eigenvalue weighted by Crippen LogP contribution is 2.25. The van der Waals surface area contributed by atoms with E-state index in [1.807, 2.05) is 4.90 Å². The number of amides is 1. The molecule has 2 nitrogen and oxygen atoms in total. The zero-order chi connectivity index (χ0) is 13.8. The zero-order valence-electron chi connectivity index (χ0n) is 10.5. The molecule has 1 heterocycles. The molecule has 1 aliphatic heterocycles. The molecule has 1 unspecified atom stereocenters. The highest BCUT2D eigenvalue weighted by molar-refractivity contribution is 9.10. The normalized spacial score (nSPS) is 18.9. The second kappa shape index (κ2) is 6.71. The Labute approximate surface area is 126 Å². The van der Waals surface area contributed by atoms with Crippen LogP contribution in [0.5, 0.6) is 0 Å². The van der Waals surface area contributed by atoms with Crippen LogP contribution in [0, 0.1) is 5.82 Å². The molecule has 19 heavy (non-hydrogen) atoms. The van der Waals surface area contributed by atoms with Gasteiger partial charge in [-0.05, 0) is 59.8 Å². The van der Waals surface area contributed by atoms with Gasteiger partial charge in [-0.3, -0.25) is 4.79 Å². The molecule has 0 spiro atoms. The summed E-state index contributed by atoms with van der Waals surface area (Å²) in [6.45, 7) is 0.753. The summed E-state index contributed by atoms with van der Waals surface area (Å²) in [6, 6.07) is 4.78. The van der Waals surface area contributed by atoms with E-state index in [0.717, 1.165) is 32.2 Å². The van der Waals surface area contributed by atoms with Crippen LogP contribution in [0.1, 0.15) is 36.0 Å². The van der Waals surface area contributed by atoms with Crippen LogP contribution in [0.3, 0.4) is 0 Å². The zero-order valence-corrected chi connectivity index (χ0v) is 12.9. The molecule has 2 rings (SSSR count). The molecular formula is C14H16BrClFNO. The van der Waals surface area contributed by atoms with Gasteiger partial charge in [-0.1, -0.05) is 0 Å². The first kappa shape index (κ1) is 14.8. The summed E-state index contributed by atoms with van der Waals surface area (Å²) in [5, 5.41) is 0. The monoisotopic (exact) mass is 347 g/mol. The minimum absolute atomic E-state index is 0.0801. The van der Waals surface area contributed by atoms with Gasteiger partial charge in [-0.15, -0.1) is 11.6 Å². The number of alkyl halides is 1. The van der Waals surface area contributed by atoms with Crippen molar-refractivity contribution >= 4 is 33.4 Å². The van der Waals surface area contributed by atoms with E-state index in [1.165, 1.54) is 6.07 Å². The van der Waals surface area contributed by atoms with Crippen molar-refractivity contribution in [1.82, 2.24) is 4.90 Å². The first-order valence-corrected chi connectivity index (χ1v) is 7.78. The number of benzene rings is 1. The van der Waals surface area contributed by atoms with Crippen molar-refractivity contribution in [2.24, 2.45) is 0 Å². The van der Waals surface area contributed by atoms with Gasteiger partial charge in [0.25, 0.3) is 5.91 Å². The van der Waals surface area contributed by atoms with Crippen molar-refractivity contribution < 1.29 is 9.18 Å². The molecule has 0 saturated carbocycles. The maximum atomic E-state index is 13.5. The Kier molecular flexibility index (Phi) is 5.22. The Hall–Kier alpha value is -0.610. The lowest BCUT2D eigenvalue weighted by atomic mass is 10.1. The molecule has 1 amide bonds. The van der Waals surface area contributed by atoms with Crippen LogP contribution >= 0.6 is 27.5 Å². The van der Waals surface area contributed by atoms with Crippen molar-refractivity contribution in [3.8, 4) is 0 Å². The largest absolute Gasteiger partial charge is 0.336 e. The molecule has 1 aromatic carbocycles. The fraction of sp³-hybridized carbons (Fsp3) is 0.500. The fourth-order valence-corrected chi connectivity index (χ4v) is 2.91. The Morgan fingerprint density at radius 1 is 1.53 bits per heavy atom. The molecule has 104 valence electrons. The van der Waals surface area contributed by atoms with Gasteiger partial charge in [-0.2, -0.15) is 0 Å². The van der Waals surface area contributed by atoms with Crippen LogP contribution in [0.25, 0.3) is 0 Å². The first-order valence-electron chi connectivity index (χ1n) is 6.45. The van der Waals surface area contributed by atoms with Gasteiger partial charge in [-0.25, -0.2) is 4.39 Å². The average Bonchev–Trinajstić information content (AvgIpc) is 2.87. The van der Waals surface area contributed by atoms with Crippen LogP contribution in [-0.4, -0.2) is 29.3 Å². The first-order chi connectivity index (χ1) is 9.13.